The summed E-state index contributed by atoms with van der Waals surface area (Å²) in [4.78, 5) is 23.6. The summed E-state index contributed by atoms with van der Waals surface area (Å²) in [7, 11) is 0. The minimum absolute atomic E-state index is 0.180. The second-order valence-corrected chi connectivity index (χ2v) is 7.98. The number of nitro benzene ring substituents is 2. The Hall–Kier alpha value is -4.89. The van der Waals surface area contributed by atoms with Crippen LogP contribution in [0.4, 0.5) is 11.4 Å². The molecule has 0 aliphatic rings. The fourth-order valence-electron chi connectivity index (χ4n) is 3.47. The predicted molar refractivity (Wildman–Crippen MR) is 141 cm³/mol. The fourth-order valence-corrected chi connectivity index (χ4v) is 3.47. The Morgan fingerprint density at radius 3 is 1.86 bits per heavy atom. The van der Waals surface area contributed by atoms with Crippen molar-refractivity contribution in [1.29, 1.82) is 0 Å². The monoisotopic (exact) mass is 499 g/mol. The van der Waals surface area contributed by atoms with E-state index in [-0.39, 0.29) is 23.2 Å². The highest BCUT2D eigenvalue weighted by molar-refractivity contribution is 5.83. The van der Waals surface area contributed by atoms with Crippen molar-refractivity contribution in [3.8, 4) is 5.75 Å². The molecule has 9 heteroatoms. The summed E-state index contributed by atoms with van der Waals surface area (Å²) in [5.41, 5.74) is 2.03. The third kappa shape index (κ3) is 8.08. The van der Waals surface area contributed by atoms with Crippen LogP contribution in [0, 0.1) is 20.2 Å². The Bertz CT molecular complexity index is 1320. The van der Waals surface area contributed by atoms with Gasteiger partial charge in [0.25, 0.3) is 11.4 Å². The normalized spacial score (nSPS) is 12.2. The molecule has 0 aromatic heterocycles. The van der Waals surface area contributed by atoms with E-state index < -0.39 is 16.0 Å². The maximum Gasteiger partial charge on any atom is 0.276 e. The number of phenols is 1. The summed E-state index contributed by atoms with van der Waals surface area (Å²) in [6.07, 6.45) is 1.53. The number of hydrogen-bond donors (Lipinski definition) is 2. The standard InChI is InChI=1S/C22H21NO2.C6H4N2O4/c24-21-14-8-7-13-19(21)16-23-20(15-17-9-3-1-4-10-17)22(25)18-11-5-2-6-12-18;9-7(10)5-2-1-3-6(4-5)8(11)12/h1-14,16,20,22,24-25H,15H2;1-4H. The number of benzene rings is 4. The summed E-state index contributed by atoms with van der Waals surface area (Å²) >= 11 is 0. The summed E-state index contributed by atoms with van der Waals surface area (Å²) in [5.74, 6) is 0.180. The molecule has 37 heavy (non-hydrogen) atoms. The van der Waals surface area contributed by atoms with Crippen LogP contribution < -0.4 is 0 Å². The first-order valence-corrected chi connectivity index (χ1v) is 11.3. The Kier molecular flexibility index (Phi) is 9.58. The predicted octanol–water partition coefficient (Wildman–Crippen LogP) is 5.66. The highest BCUT2D eigenvalue weighted by atomic mass is 16.6. The molecule has 4 rings (SSSR count). The molecule has 0 aliphatic heterocycles. The van der Waals surface area contributed by atoms with E-state index >= 15 is 0 Å². The summed E-state index contributed by atoms with van der Waals surface area (Å²) < 4.78 is 0. The van der Waals surface area contributed by atoms with Gasteiger partial charge in [0.2, 0.25) is 0 Å². The number of aliphatic hydroxyl groups is 1. The molecule has 0 saturated carbocycles. The average Bonchev–Trinajstić information content (AvgIpc) is 2.93. The first kappa shape index (κ1) is 26.7. The van der Waals surface area contributed by atoms with Gasteiger partial charge >= 0.3 is 0 Å². The third-order valence-electron chi connectivity index (χ3n) is 5.39. The lowest BCUT2D eigenvalue weighted by molar-refractivity contribution is -0.394. The second kappa shape index (κ2) is 13.3. The Morgan fingerprint density at radius 2 is 1.30 bits per heavy atom. The quantitative estimate of drug-likeness (QED) is 0.182. The van der Waals surface area contributed by atoms with E-state index in [1.807, 2.05) is 66.7 Å². The van der Waals surface area contributed by atoms with Crippen LogP contribution in [0.15, 0.2) is 114 Å². The van der Waals surface area contributed by atoms with Gasteiger partial charge in [-0.1, -0.05) is 72.8 Å². The number of rotatable bonds is 8. The number of aliphatic hydroxyl groups excluding tert-OH is 1. The van der Waals surface area contributed by atoms with E-state index in [1.54, 1.807) is 24.4 Å². The van der Waals surface area contributed by atoms with E-state index in [9.17, 15) is 30.4 Å². The van der Waals surface area contributed by atoms with Crippen molar-refractivity contribution in [1.82, 2.24) is 0 Å². The van der Waals surface area contributed by atoms with Gasteiger partial charge in [-0.3, -0.25) is 25.2 Å². The van der Waals surface area contributed by atoms with Gasteiger partial charge in [0.05, 0.1) is 22.0 Å². The molecule has 0 amide bonds. The molecule has 4 aromatic rings. The van der Waals surface area contributed by atoms with E-state index in [0.29, 0.717) is 12.0 Å². The molecule has 9 nitrogen and oxygen atoms in total. The van der Waals surface area contributed by atoms with Crippen LogP contribution in [0.3, 0.4) is 0 Å². The molecular weight excluding hydrogens is 474 g/mol. The highest BCUT2D eigenvalue weighted by Crippen LogP contribution is 2.23. The minimum Gasteiger partial charge on any atom is -0.507 e. The molecule has 188 valence electrons. The number of nitro groups is 2. The van der Waals surface area contributed by atoms with Crippen molar-refractivity contribution in [3.05, 3.63) is 146 Å². The summed E-state index contributed by atoms with van der Waals surface area (Å²) in [6, 6.07) is 30.8. The lowest BCUT2D eigenvalue weighted by atomic mass is 9.96. The average molecular weight is 500 g/mol. The van der Waals surface area contributed by atoms with Crippen molar-refractivity contribution in [2.75, 3.05) is 0 Å². The van der Waals surface area contributed by atoms with Gasteiger partial charge in [-0.2, -0.15) is 0 Å². The fraction of sp³-hybridized carbons (Fsp3) is 0.107. The second-order valence-electron chi connectivity index (χ2n) is 7.98. The number of nitrogens with zero attached hydrogens (tertiary/aromatic N) is 3. The van der Waals surface area contributed by atoms with Crippen molar-refractivity contribution in [3.63, 3.8) is 0 Å². The Balaban J connectivity index is 0.000000266. The van der Waals surface area contributed by atoms with Crippen molar-refractivity contribution >= 4 is 17.6 Å². The van der Waals surface area contributed by atoms with Gasteiger partial charge in [-0.15, -0.1) is 0 Å². The molecule has 0 radical (unpaired) electrons. The van der Waals surface area contributed by atoms with Crippen LogP contribution in [0.5, 0.6) is 5.75 Å². The van der Waals surface area contributed by atoms with Gasteiger partial charge in [-0.05, 0) is 35.7 Å². The molecular formula is C28H25N3O6. The Morgan fingerprint density at radius 1 is 0.757 bits per heavy atom. The SMILES string of the molecule is O=[N+]([O-])c1cccc([N+](=O)[O-])c1.Oc1ccccc1C=NC(Cc1ccccc1)C(O)c1ccccc1. The molecule has 4 aromatic carbocycles. The molecule has 0 bridgehead atoms. The van der Waals surface area contributed by atoms with E-state index in [2.05, 4.69) is 4.99 Å². The van der Waals surface area contributed by atoms with Gasteiger partial charge in [0, 0.05) is 23.9 Å². The summed E-state index contributed by atoms with van der Waals surface area (Å²) in [6.45, 7) is 0. The number of aromatic hydroxyl groups is 1. The van der Waals surface area contributed by atoms with Gasteiger partial charge in [0.15, 0.2) is 0 Å². The molecule has 0 fully saturated rings. The van der Waals surface area contributed by atoms with Crippen LogP contribution in [0.2, 0.25) is 0 Å². The highest BCUT2D eigenvalue weighted by Gasteiger charge is 2.20. The van der Waals surface area contributed by atoms with E-state index in [1.165, 1.54) is 18.2 Å². The molecule has 0 heterocycles. The maximum atomic E-state index is 10.8. The first-order chi connectivity index (χ1) is 17.8. The van der Waals surface area contributed by atoms with Crippen LogP contribution >= 0.6 is 0 Å². The van der Waals surface area contributed by atoms with Crippen LogP contribution in [0.25, 0.3) is 0 Å². The maximum absolute atomic E-state index is 10.8. The number of para-hydroxylation sites is 1. The van der Waals surface area contributed by atoms with Crippen molar-refractivity contribution in [2.24, 2.45) is 4.99 Å². The number of aliphatic imine (C=N–C) groups is 1. The molecule has 2 unspecified atom stereocenters. The zero-order valence-corrected chi connectivity index (χ0v) is 19.7. The molecule has 0 saturated heterocycles. The van der Waals surface area contributed by atoms with Crippen molar-refractivity contribution < 1.29 is 20.1 Å². The van der Waals surface area contributed by atoms with Crippen LogP contribution in [-0.4, -0.2) is 32.3 Å². The molecule has 0 aliphatic carbocycles. The minimum atomic E-state index is -0.719. The van der Waals surface area contributed by atoms with E-state index in [4.69, 9.17) is 0 Å². The molecule has 2 N–H and O–H groups in total. The number of non-ortho nitro benzene ring substituents is 2. The largest absolute Gasteiger partial charge is 0.507 e. The molecule has 0 spiro atoms. The van der Waals surface area contributed by atoms with Gasteiger partial charge in [0.1, 0.15) is 11.9 Å². The Labute approximate surface area is 213 Å². The summed E-state index contributed by atoms with van der Waals surface area (Å²) in [5, 5.41) is 41.0. The van der Waals surface area contributed by atoms with E-state index in [0.717, 1.165) is 17.2 Å². The lowest BCUT2D eigenvalue weighted by Crippen LogP contribution is -2.19. The topological polar surface area (TPSA) is 139 Å². The zero-order chi connectivity index (χ0) is 26.6. The van der Waals surface area contributed by atoms with Gasteiger partial charge < -0.3 is 10.2 Å². The number of phenolic OH excluding ortho intramolecular Hbond substituents is 1. The third-order valence-corrected chi connectivity index (χ3v) is 5.39. The molecule has 2 atom stereocenters. The lowest BCUT2D eigenvalue weighted by Gasteiger charge is -2.20. The zero-order valence-electron chi connectivity index (χ0n) is 19.7. The van der Waals surface area contributed by atoms with Crippen molar-refractivity contribution in [2.45, 2.75) is 18.6 Å². The van der Waals surface area contributed by atoms with Gasteiger partial charge in [-0.25, -0.2) is 0 Å². The smallest absolute Gasteiger partial charge is 0.276 e. The number of hydrogen-bond acceptors (Lipinski definition) is 7. The van der Waals surface area contributed by atoms with Crippen LogP contribution in [0.1, 0.15) is 22.8 Å². The van der Waals surface area contributed by atoms with Crippen LogP contribution in [-0.2, 0) is 6.42 Å². The first-order valence-electron chi connectivity index (χ1n) is 11.3.